The van der Waals surface area contributed by atoms with Crippen LogP contribution in [-0.2, 0) is 4.79 Å². The van der Waals surface area contributed by atoms with Gasteiger partial charge in [0, 0.05) is 25.6 Å². The number of hydrogen-bond donors (Lipinski definition) is 2. The fraction of sp³-hybridized carbons (Fsp3) is 0.577. The quantitative estimate of drug-likeness (QED) is 0.622. The summed E-state index contributed by atoms with van der Waals surface area (Å²) in [6, 6.07) is 5.75. The summed E-state index contributed by atoms with van der Waals surface area (Å²) in [4.78, 5) is 39.3. The Labute approximate surface area is 195 Å². The average Bonchev–Trinajstić information content (AvgIpc) is 2.82. The summed E-state index contributed by atoms with van der Waals surface area (Å²) in [6.45, 7) is 6.56. The maximum Gasteiger partial charge on any atom is 0.253 e. The Kier molecular flexibility index (Phi) is 7.05. The number of piperidine rings is 1. The zero-order valence-corrected chi connectivity index (χ0v) is 19.9. The third-order valence-corrected chi connectivity index (χ3v) is 7.38. The van der Waals surface area contributed by atoms with E-state index in [2.05, 4.69) is 22.5 Å². The summed E-state index contributed by atoms with van der Waals surface area (Å²) in [6.07, 6.45) is 5.58. The van der Waals surface area contributed by atoms with E-state index in [1.54, 1.807) is 7.11 Å². The molecular formula is C26H35N3O4. The Hall–Kier alpha value is -2.83. The molecule has 7 heteroatoms. The van der Waals surface area contributed by atoms with Gasteiger partial charge in [-0.25, -0.2) is 0 Å². The number of rotatable bonds is 7. The van der Waals surface area contributed by atoms with Gasteiger partial charge in [0.2, 0.25) is 5.91 Å². The zero-order chi connectivity index (χ0) is 23.5. The molecule has 1 saturated heterocycles. The maximum atomic E-state index is 12.8. The summed E-state index contributed by atoms with van der Waals surface area (Å²) >= 11 is 0. The molecule has 0 spiro atoms. The lowest BCUT2D eigenvalue weighted by molar-refractivity contribution is -0.121. The first-order valence-electron chi connectivity index (χ1n) is 12.1. The van der Waals surface area contributed by atoms with E-state index in [0.29, 0.717) is 41.2 Å². The molecule has 1 saturated carbocycles. The number of carbonyl (C=O) groups is 1. The molecule has 33 heavy (non-hydrogen) atoms. The third kappa shape index (κ3) is 5.07. The van der Waals surface area contributed by atoms with Crippen molar-refractivity contribution < 1.29 is 9.53 Å². The van der Waals surface area contributed by atoms with Crippen molar-refractivity contribution in [2.24, 2.45) is 17.8 Å². The van der Waals surface area contributed by atoms with E-state index >= 15 is 0 Å². The number of carbonyl (C=O) groups excluding carboxylic acids is 1. The fourth-order valence-electron chi connectivity index (χ4n) is 5.11. The SMILES string of the molecule is COc1ccc(C)cc1NC(=O)C1CCC(CNc2c(N3CCC(C)CC3)c(=O)c2=O)CC1. The first-order valence-corrected chi connectivity index (χ1v) is 12.1. The molecule has 2 fully saturated rings. The Morgan fingerprint density at radius 3 is 2.42 bits per heavy atom. The first kappa shape index (κ1) is 23.3. The van der Waals surface area contributed by atoms with E-state index in [1.807, 2.05) is 25.1 Å². The molecule has 1 aliphatic heterocycles. The number of aryl methyl sites for hydroxylation is 1. The van der Waals surface area contributed by atoms with Crippen molar-refractivity contribution in [2.45, 2.75) is 52.4 Å². The van der Waals surface area contributed by atoms with E-state index in [0.717, 1.165) is 57.2 Å². The summed E-state index contributed by atoms with van der Waals surface area (Å²) in [7, 11) is 1.60. The lowest BCUT2D eigenvalue weighted by Crippen LogP contribution is -2.45. The highest BCUT2D eigenvalue weighted by atomic mass is 16.5. The van der Waals surface area contributed by atoms with E-state index in [-0.39, 0.29) is 22.7 Å². The number of methoxy groups -OCH3 is 1. The van der Waals surface area contributed by atoms with Crippen LogP contribution in [0.15, 0.2) is 27.8 Å². The number of hydrogen-bond acceptors (Lipinski definition) is 6. The third-order valence-electron chi connectivity index (χ3n) is 7.38. The van der Waals surface area contributed by atoms with Gasteiger partial charge in [-0.15, -0.1) is 0 Å². The minimum Gasteiger partial charge on any atom is -0.495 e. The van der Waals surface area contributed by atoms with Gasteiger partial charge in [0.15, 0.2) is 0 Å². The van der Waals surface area contributed by atoms with Crippen LogP contribution in [-0.4, -0.2) is 32.7 Å². The second-order valence-electron chi connectivity index (χ2n) is 9.84. The topological polar surface area (TPSA) is 87.7 Å². The average molecular weight is 454 g/mol. The highest BCUT2D eigenvalue weighted by Gasteiger charge is 2.30. The lowest BCUT2D eigenvalue weighted by Gasteiger charge is -2.34. The number of nitrogens with zero attached hydrogens (tertiary/aromatic N) is 1. The molecule has 2 aromatic rings. The molecule has 0 aromatic heterocycles. The van der Waals surface area contributed by atoms with E-state index in [1.165, 1.54) is 0 Å². The largest absolute Gasteiger partial charge is 0.495 e. The molecule has 2 aliphatic rings. The van der Waals surface area contributed by atoms with Crippen molar-refractivity contribution in [3.8, 4) is 5.75 Å². The Balaban J connectivity index is 1.28. The normalized spacial score (nSPS) is 21.7. The standard InChI is InChI=1S/C26H35N3O4/c1-16-10-12-29(13-11-16)23-22(24(30)25(23)31)27-15-18-5-7-19(8-6-18)26(32)28-20-14-17(2)4-9-21(20)33-3/h4,9,14,16,18-19,27H,5-8,10-13,15H2,1-3H3,(H,28,32). The van der Waals surface area contributed by atoms with Gasteiger partial charge in [-0.3, -0.25) is 14.4 Å². The van der Waals surface area contributed by atoms with Crippen molar-refractivity contribution in [3.05, 3.63) is 44.2 Å². The van der Waals surface area contributed by atoms with Gasteiger partial charge >= 0.3 is 0 Å². The lowest BCUT2D eigenvalue weighted by atomic mass is 9.81. The summed E-state index contributed by atoms with van der Waals surface area (Å²) in [5.41, 5.74) is 2.14. The van der Waals surface area contributed by atoms with Crippen LogP contribution in [0, 0.1) is 24.7 Å². The minimum absolute atomic E-state index is 0.0245. The van der Waals surface area contributed by atoms with Crippen LogP contribution in [0.25, 0.3) is 0 Å². The molecule has 2 aromatic carbocycles. The second-order valence-corrected chi connectivity index (χ2v) is 9.84. The van der Waals surface area contributed by atoms with Gasteiger partial charge in [0.05, 0.1) is 12.8 Å². The molecule has 2 N–H and O–H groups in total. The van der Waals surface area contributed by atoms with Gasteiger partial charge in [-0.1, -0.05) is 13.0 Å². The number of ether oxygens (including phenoxy) is 1. The molecule has 1 amide bonds. The number of amides is 1. The highest BCUT2D eigenvalue weighted by molar-refractivity contribution is 5.94. The Morgan fingerprint density at radius 2 is 1.76 bits per heavy atom. The molecule has 0 radical (unpaired) electrons. The van der Waals surface area contributed by atoms with Crippen molar-refractivity contribution >= 4 is 23.0 Å². The highest BCUT2D eigenvalue weighted by Crippen LogP contribution is 2.33. The van der Waals surface area contributed by atoms with Crippen molar-refractivity contribution in [1.82, 2.24) is 0 Å². The molecule has 0 atom stereocenters. The van der Waals surface area contributed by atoms with E-state index in [4.69, 9.17) is 4.74 Å². The van der Waals surface area contributed by atoms with E-state index < -0.39 is 0 Å². The summed E-state index contributed by atoms with van der Waals surface area (Å²) in [5, 5.41) is 6.32. The number of benzene rings is 1. The molecule has 0 bridgehead atoms. The zero-order valence-electron chi connectivity index (χ0n) is 19.9. The van der Waals surface area contributed by atoms with Crippen LogP contribution in [0.4, 0.5) is 17.1 Å². The van der Waals surface area contributed by atoms with Crippen LogP contribution in [0.5, 0.6) is 5.75 Å². The predicted octanol–water partition coefficient (Wildman–Crippen LogP) is 3.69. The Bertz CT molecular complexity index is 1060. The van der Waals surface area contributed by atoms with E-state index in [9.17, 15) is 14.4 Å². The van der Waals surface area contributed by atoms with Crippen LogP contribution < -0.4 is 31.1 Å². The van der Waals surface area contributed by atoms with Gasteiger partial charge in [0.1, 0.15) is 17.1 Å². The predicted molar refractivity (Wildman–Crippen MR) is 132 cm³/mol. The minimum atomic E-state index is -0.385. The van der Waals surface area contributed by atoms with Crippen molar-refractivity contribution in [1.29, 1.82) is 0 Å². The van der Waals surface area contributed by atoms with Gasteiger partial charge in [-0.2, -0.15) is 0 Å². The van der Waals surface area contributed by atoms with Crippen LogP contribution >= 0.6 is 0 Å². The molecule has 1 aliphatic carbocycles. The van der Waals surface area contributed by atoms with Crippen molar-refractivity contribution in [3.63, 3.8) is 0 Å². The Morgan fingerprint density at radius 1 is 1.06 bits per heavy atom. The number of anilines is 3. The maximum absolute atomic E-state index is 12.8. The molecule has 0 unspecified atom stereocenters. The number of nitrogens with one attached hydrogen (secondary N) is 2. The molecular weight excluding hydrogens is 418 g/mol. The molecule has 4 rings (SSSR count). The van der Waals surface area contributed by atoms with Crippen LogP contribution in [0.1, 0.15) is 51.0 Å². The molecule has 178 valence electrons. The summed E-state index contributed by atoms with van der Waals surface area (Å²) in [5.74, 6) is 1.74. The van der Waals surface area contributed by atoms with Crippen molar-refractivity contribution in [2.75, 3.05) is 42.3 Å². The monoisotopic (exact) mass is 453 g/mol. The summed E-state index contributed by atoms with van der Waals surface area (Å²) < 4.78 is 5.37. The van der Waals surface area contributed by atoms with Gasteiger partial charge < -0.3 is 20.3 Å². The van der Waals surface area contributed by atoms with Crippen LogP contribution in [0.2, 0.25) is 0 Å². The van der Waals surface area contributed by atoms with Crippen LogP contribution in [0.3, 0.4) is 0 Å². The smallest absolute Gasteiger partial charge is 0.253 e. The molecule has 1 heterocycles. The fourth-order valence-corrected chi connectivity index (χ4v) is 5.11. The van der Waals surface area contributed by atoms with Gasteiger partial charge in [-0.05, 0) is 75.0 Å². The molecule has 7 nitrogen and oxygen atoms in total. The van der Waals surface area contributed by atoms with Gasteiger partial charge in [0.25, 0.3) is 10.9 Å². The first-order chi connectivity index (χ1) is 15.9. The second kappa shape index (κ2) is 9.98.